The summed E-state index contributed by atoms with van der Waals surface area (Å²) in [6.07, 6.45) is 0. The molecule has 1 aromatic carbocycles. The molecule has 1 rings (SSSR count). The molecule has 0 saturated carbocycles. The third-order valence-electron chi connectivity index (χ3n) is 3.77. The van der Waals surface area contributed by atoms with Gasteiger partial charge in [-0.2, -0.15) is 4.84 Å². The van der Waals surface area contributed by atoms with Crippen LogP contribution in [-0.4, -0.2) is 26.1 Å². The lowest BCUT2D eigenvalue weighted by molar-refractivity contribution is -0.347. The highest BCUT2D eigenvalue weighted by molar-refractivity contribution is 5.49. The lowest BCUT2D eigenvalue weighted by Crippen LogP contribution is -2.44. The van der Waals surface area contributed by atoms with Gasteiger partial charge in [-0.3, -0.25) is 0 Å². The first kappa shape index (κ1) is 18.1. The van der Waals surface area contributed by atoms with Crippen molar-refractivity contribution in [3.63, 3.8) is 0 Å². The molecule has 21 heavy (non-hydrogen) atoms. The highest BCUT2D eigenvalue weighted by atomic mass is 17.0. The molecule has 0 saturated heterocycles. The molecule has 4 nitrogen and oxygen atoms in total. The normalized spacial score (nSPS) is 15.9. The van der Waals surface area contributed by atoms with Gasteiger partial charge in [0.2, 0.25) is 6.79 Å². The van der Waals surface area contributed by atoms with E-state index in [0.717, 1.165) is 5.69 Å². The number of hydrogen-bond donors (Lipinski definition) is 1. The van der Waals surface area contributed by atoms with Crippen LogP contribution in [0.2, 0.25) is 0 Å². The minimum absolute atomic E-state index is 0.0216. The molecule has 0 amide bonds. The maximum atomic E-state index is 9.13. The molecule has 4 heteroatoms. The summed E-state index contributed by atoms with van der Waals surface area (Å²) in [5, 5.41) is 9.13. The highest BCUT2D eigenvalue weighted by Gasteiger charge is 2.32. The number of hydroxylamine groups is 2. The van der Waals surface area contributed by atoms with Gasteiger partial charge in [0.25, 0.3) is 0 Å². The zero-order valence-corrected chi connectivity index (χ0v) is 14.7. The Morgan fingerprint density at radius 3 is 1.67 bits per heavy atom. The Kier molecular flexibility index (Phi) is 5.22. The Bertz CT molecular complexity index is 454. The maximum absolute atomic E-state index is 9.13. The van der Waals surface area contributed by atoms with Crippen LogP contribution in [0, 0.1) is 0 Å². The van der Waals surface area contributed by atoms with Crippen molar-refractivity contribution in [2.45, 2.75) is 52.4 Å². The molecule has 0 bridgehead atoms. The van der Waals surface area contributed by atoms with Crippen LogP contribution in [0.3, 0.4) is 0 Å². The second-order valence-electron chi connectivity index (χ2n) is 7.56. The number of aliphatic hydroxyl groups is 1. The monoisotopic (exact) mass is 296 g/mol. The summed E-state index contributed by atoms with van der Waals surface area (Å²) in [6.45, 7) is 12.7. The standard InChI is InChI=1S/C17H30NO3/c1-16(2,3)13-9-14(17(4,5)6)11-15(10-13)18(7,20-8)21-12-19/h9-11,19H,12H2,1-8H3/q+1. The van der Waals surface area contributed by atoms with E-state index < -0.39 is 6.79 Å². The molecule has 0 aliphatic carbocycles. The van der Waals surface area contributed by atoms with E-state index in [1.807, 2.05) is 0 Å². The predicted molar refractivity (Wildman–Crippen MR) is 86.7 cm³/mol. The van der Waals surface area contributed by atoms with Crippen LogP contribution in [0.15, 0.2) is 18.2 Å². The first-order valence-corrected chi connectivity index (χ1v) is 7.28. The van der Waals surface area contributed by atoms with Gasteiger partial charge >= 0.3 is 0 Å². The average molecular weight is 296 g/mol. The van der Waals surface area contributed by atoms with Crippen molar-refractivity contribution in [2.75, 3.05) is 21.0 Å². The Balaban J connectivity index is 3.52. The molecule has 1 aromatic rings. The number of benzene rings is 1. The fraction of sp³-hybridized carbons (Fsp3) is 0.647. The van der Waals surface area contributed by atoms with Crippen LogP contribution in [0.5, 0.6) is 0 Å². The SMILES string of the molecule is CO[N+](C)(OCO)c1cc(C(C)(C)C)cc(C(C)(C)C)c1. The fourth-order valence-corrected chi connectivity index (χ4v) is 2.05. The van der Waals surface area contributed by atoms with Crippen molar-refractivity contribution >= 4 is 5.69 Å². The van der Waals surface area contributed by atoms with Crippen LogP contribution in [-0.2, 0) is 20.5 Å². The first-order valence-electron chi connectivity index (χ1n) is 7.28. The second-order valence-corrected chi connectivity index (χ2v) is 7.56. The van der Waals surface area contributed by atoms with Gasteiger partial charge in [-0.05, 0) is 26.8 Å². The number of quaternary nitrogens is 1. The summed E-state index contributed by atoms with van der Waals surface area (Å²) < 4.78 is 0. The van der Waals surface area contributed by atoms with Crippen molar-refractivity contribution in [1.29, 1.82) is 0 Å². The van der Waals surface area contributed by atoms with Crippen molar-refractivity contribution in [3.05, 3.63) is 29.3 Å². The smallest absolute Gasteiger partial charge is 0.207 e. The van der Waals surface area contributed by atoms with Crippen LogP contribution < -0.4 is 4.81 Å². The second kappa shape index (κ2) is 6.05. The third kappa shape index (κ3) is 4.27. The van der Waals surface area contributed by atoms with Gasteiger partial charge in [0.1, 0.15) is 14.2 Å². The van der Waals surface area contributed by atoms with Crippen LogP contribution in [0.25, 0.3) is 0 Å². The van der Waals surface area contributed by atoms with Crippen molar-refractivity contribution in [2.24, 2.45) is 0 Å². The lowest BCUT2D eigenvalue weighted by atomic mass is 9.80. The maximum Gasteiger partial charge on any atom is 0.207 e. The molecule has 0 aliphatic rings. The van der Waals surface area contributed by atoms with Gasteiger partial charge < -0.3 is 5.11 Å². The molecule has 0 radical (unpaired) electrons. The summed E-state index contributed by atoms with van der Waals surface area (Å²) in [4.78, 5) is 10.6. The minimum Gasteiger partial charge on any atom is -0.366 e. The Morgan fingerprint density at radius 2 is 1.38 bits per heavy atom. The van der Waals surface area contributed by atoms with E-state index in [1.54, 1.807) is 14.2 Å². The quantitative estimate of drug-likeness (QED) is 0.523. The Hall–Kier alpha value is -0.940. The van der Waals surface area contributed by atoms with E-state index in [-0.39, 0.29) is 15.6 Å². The third-order valence-corrected chi connectivity index (χ3v) is 3.77. The summed E-state index contributed by atoms with van der Waals surface area (Å²) in [5.41, 5.74) is 3.34. The number of hydrogen-bond acceptors (Lipinski definition) is 3. The topological polar surface area (TPSA) is 38.7 Å². The summed E-state index contributed by atoms with van der Waals surface area (Å²) in [6, 6.07) is 6.39. The first-order chi connectivity index (χ1) is 9.44. The molecule has 0 aromatic heterocycles. The fourth-order valence-electron chi connectivity index (χ4n) is 2.05. The zero-order valence-electron chi connectivity index (χ0n) is 14.7. The zero-order chi connectivity index (χ0) is 16.5. The van der Waals surface area contributed by atoms with Crippen LogP contribution in [0.4, 0.5) is 5.69 Å². The number of rotatable bonds is 4. The molecule has 1 unspecified atom stereocenters. The van der Waals surface area contributed by atoms with Crippen molar-refractivity contribution in [1.82, 2.24) is 4.81 Å². The van der Waals surface area contributed by atoms with E-state index in [1.165, 1.54) is 11.1 Å². The molecule has 0 aliphatic heterocycles. The van der Waals surface area contributed by atoms with E-state index >= 15 is 0 Å². The molecule has 1 N–H and O–H groups in total. The van der Waals surface area contributed by atoms with E-state index in [2.05, 4.69) is 59.7 Å². The lowest BCUT2D eigenvalue weighted by Gasteiger charge is -2.30. The largest absolute Gasteiger partial charge is 0.366 e. The molecule has 120 valence electrons. The predicted octanol–water partition coefficient (Wildman–Crippen LogP) is 3.66. The van der Waals surface area contributed by atoms with Gasteiger partial charge in [0.05, 0.1) is 0 Å². The Labute approximate surface area is 128 Å². The average Bonchev–Trinajstić information content (AvgIpc) is 2.36. The van der Waals surface area contributed by atoms with Crippen molar-refractivity contribution < 1.29 is 14.8 Å². The minimum atomic E-state index is -0.408. The molecular formula is C17H30NO3+. The van der Waals surface area contributed by atoms with E-state index in [4.69, 9.17) is 14.8 Å². The van der Waals surface area contributed by atoms with E-state index in [9.17, 15) is 0 Å². The number of nitrogens with zero attached hydrogens (tertiary/aromatic N) is 1. The van der Waals surface area contributed by atoms with Gasteiger partial charge in [0, 0.05) is 12.1 Å². The number of aliphatic hydroxyl groups excluding tert-OH is 1. The summed E-state index contributed by atoms with van der Waals surface area (Å²) in [5.74, 6) is 0. The van der Waals surface area contributed by atoms with Gasteiger partial charge in [0.15, 0.2) is 5.69 Å². The highest BCUT2D eigenvalue weighted by Crippen LogP contribution is 2.35. The van der Waals surface area contributed by atoms with Crippen molar-refractivity contribution in [3.8, 4) is 0 Å². The molecule has 1 atom stereocenters. The Morgan fingerprint density at radius 1 is 0.952 bits per heavy atom. The van der Waals surface area contributed by atoms with Gasteiger partial charge in [-0.25, -0.2) is 0 Å². The molecule has 0 heterocycles. The summed E-state index contributed by atoms with van der Waals surface area (Å²) >= 11 is 0. The molecular weight excluding hydrogens is 266 g/mol. The van der Waals surface area contributed by atoms with Crippen LogP contribution in [0.1, 0.15) is 52.7 Å². The molecule has 0 spiro atoms. The van der Waals surface area contributed by atoms with E-state index in [0.29, 0.717) is 0 Å². The van der Waals surface area contributed by atoms with Crippen LogP contribution >= 0.6 is 0 Å². The van der Waals surface area contributed by atoms with Gasteiger partial charge in [-0.15, -0.1) is 4.84 Å². The van der Waals surface area contributed by atoms with Gasteiger partial charge in [-0.1, -0.05) is 47.6 Å². The summed E-state index contributed by atoms with van der Waals surface area (Å²) in [7, 11) is 3.33. The molecule has 0 fully saturated rings.